The summed E-state index contributed by atoms with van der Waals surface area (Å²) in [6, 6.07) is 12.6. The van der Waals surface area contributed by atoms with Gasteiger partial charge in [0.15, 0.2) is 6.79 Å². The van der Waals surface area contributed by atoms with Gasteiger partial charge in [-0.3, -0.25) is 0 Å². The lowest BCUT2D eigenvalue weighted by molar-refractivity contribution is 0.0504. The smallest absolute Gasteiger partial charge is 0.188 e. The van der Waals surface area contributed by atoms with Gasteiger partial charge in [0.1, 0.15) is 5.75 Å². The molecule has 2 aromatic carbocycles. The molecule has 22 heavy (non-hydrogen) atoms. The van der Waals surface area contributed by atoms with Crippen molar-refractivity contribution in [2.24, 2.45) is 0 Å². The van der Waals surface area contributed by atoms with E-state index in [0.717, 1.165) is 17.7 Å². The minimum Gasteiger partial charge on any atom is -0.467 e. The molecule has 3 nitrogen and oxygen atoms in total. The summed E-state index contributed by atoms with van der Waals surface area (Å²) in [5.41, 5.74) is 5.99. The summed E-state index contributed by atoms with van der Waals surface area (Å²) in [6.07, 6.45) is 1.52. The summed E-state index contributed by atoms with van der Waals surface area (Å²) in [6.45, 7) is 4.62. The number of rotatable bonds is 7. The van der Waals surface area contributed by atoms with Crippen LogP contribution < -0.4 is 4.74 Å². The molecule has 2 aromatic rings. The van der Waals surface area contributed by atoms with Crippen molar-refractivity contribution in [2.75, 3.05) is 20.5 Å². The van der Waals surface area contributed by atoms with E-state index in [0.29, 0.717) is 6.42 Å². The Labute approximate surface area is 132 Å². The molecule has 0 atom stereocenters. The molecule has 0 aliphatic heterocycles. The van der Waals surface area contributed by atoms with Gasteiger partial charge in [-0.15, -0.1) is 0 Å². The predicted molar refractivity (Wildman–Crippen MR) is 88.5 cm³/mol. The van der Waals surface area contributed by atoms with Crippen molar-refractivity contribution in [3.63, 3.8) is 0 Å². The predicted octanol–water partition coefficient (Wildman–Crippen LogP) is 3.41. The van der Waals surface area contributed by atoms with Crippen molar-refractivity contribution in [1.82, 2.24) is 0 Å². The Morgan fingerprint density at radius 2 is 1.68 bits per heavy atom. The fourth-order valence-corrected chi connectivity index (χ4v) is 2.59. The second-order valence-electron chi connectivity index (χ2n) is 5.58. The average Bonchev–Trinajstić information content (AvgIpc) is 2.50. The third kappa shape index (κ3) is 4.33. The van der Waals surface area contributed by atoms with Crippen LogP contribution in [0.5, 0.6) is 5.75 Å². The van der Waals surface area contributed by atoms with Gasteiger partial charge in [0.2, 0.25) is 0 Å². The lowest BCUT2D eigenvalue weighted by atomic mass is 9.97. The van der Waals surface area contributed by atoms with Crippen molar-refractivity contribution in [3.05, 3.63) is 64.2 Å². The summed E-state index contributed by atoms with van der Waals surface area (Å²) in [7, 11) is 1.63. The highest BCUT2D eigenvalue weighted by molar-refractivity contribution is 5.45. The molecule has 0 aliphatic carbocycles. The van der Waals surface area contributed by atoms with E-state index in [1.807, 2.05) is 0 Å². The van der Waals surface area contributed by atoms with Crippen LogP contribution in [-0.2, 0) is 17.6 Å². The number of aryl methyl sites for hydroxylation is 2. The van der Waals surface area contributed by atoms with Crippen LogP contribution in [0.15, 0.2) is 36.4 Å². The van der Waals surface area contributed by atoms with Crippen LogP contribution in [0.3, 0.4) is 0 Å². The molecule has 118 valence electrons. The zero-order valence-corrected chi connectivity index (χ0v) is 13.6. The van der Waals surface area contributed by atoms with E-state index in [1.165, 1.54) is 22.3 Å². The van der Waals surface area contributed by atoms with Crippen molar-refractivity contribution in [3.8, 4) is 5.75 Å². The number of benzene rings is 2. The van der Waals surface area contributed by atoms with Crippen molar-refractivity contribution < 1.29 is 14.6 Å². The maximum Gasteiger partial charge on any atom is 0.188 e. The van der Waals surface area contributed by atoms with Gasteiger partial charge in [0.05, 0.1) is 0 Å². The second kappa shape index (κ2) is 7.97. The molecular weight excluding hydrogens is 276 g/mol. The molecular formula is C19H24O3. The molecule has 0 saturated carbocycles. The molecule has 0 amide bonds. The van der Waals surface area contributed by atoms with Gasteiger partial charge in [-0.2, -0.15) is 0 Å². The second-order valence-corrected chi connectivity index (χ2v) is 5.58. The third-order valence-electron chi connectivity index (χ3n) is 3.71. The first-order chi connectivity index (χ1) is 10.6. The number of aliphatic hydroxyl groups is 1. The Morgan fingerprint density at radius 3 is 2.32 bits per heavy atom. The Kier molecular flexibility index (Phi) is 5.99. The highest BCUT2D eigenvalue weighted by Gasteiger charge is 2.10. The van der Waals surface area contributed by atoms with E-state index in [9.17, 15) is 0 Å². The van der Waals surface area contributed by atoms with Crippen LogP contribution in [-0.4, -0.2) is 25.6 Å². The molecule has 3 heteroatoms. The van der Waals surface area contributed by atoms with Crippen LogP contribution in [0.1, 0.15) is 27.8 Å². The van der Waals surface area contributed by atoms with Crippen LogP contribution >= 0.6 is 0 Å². The van der Waals surface area contributed by atoms with Gasteiger partial charge in [-0.1, -0.05) is 30.3 Å². The fraction of sp³-hybridized carbons (Fsp3) is 0.368. The molecule has 0 aromatic heterocycles. The van der Waals surface area contributed by atoms with Gasteiger partial charge in [-0.05, 0) is 48.6 Å². The van der Waals surface area contributed by atoms with E-state index in [-0.39, 0.29) is 13.4 Å². The lowest BCUT2D eigenvalue weighted by Gasteiger charge is -2.15. The van der Waals surface area contributed by atoms with Crippen molar-refractivity contribution in [2.45, 2.75) is 26.7 Å². The highest BCUT2D eigenvalue weighted by Crippen LogP contribution is 2.27. The average molecular weight is 300 g/mol. The highest BCUT2D eigenvalue weighted by atomic mass is 16.7. The van der Waals surface area contributed by atoms with Crippen LogP contribution in [0.25, 0.3) is 0 Å². The van der Waals surface area contributed by atoms with Gasteiger partial charge >= 0.3 is 0 Å². The van der Waals surface area contributed by atoms with E-state index in [1.54, 1.807) is 7.11 Å². The SMILES string of the molecule is COCOc1cc(C)cc(C)c1Cc1ccc(CCO)cc1. The Balaban J connectivity index is 2.23. The summed E-state index contributed by atoms with van der Waals surface area (Å²) >= 11 is 0. The summed E-state index contributed by atoms with van der Waals surface area (Å²) in [5, 5.41) is 8.98. The third-order valence-corrected chi connectivity index (χ3v) is 3.71. The minimum absolute atomic E-state index is 0.186. The van der Waals surface area contributed by atoms with Crippen molar-refractivity contribution in [1.29, 1.82) is 0 Å². The molecule has 0 heterocycles. The normalized spacial score (nSPS) is 10.7. The number of hydrogen-bond acceptors (Lipinski definition) is 3. The van der Waals surface area contributed by atoms with Gasteiger partial charge in [-0.25, -0.2) is 0 Å². The van der Waals surface area contributed by atoms with Gasteiger partial charge in [0, 0.05) is 25.7 Å². The standard InChI is InChI=1S/C19H24O3/c1-14-10-15(2)18(19(11-14)22-13-21-3)12-17-6-4-16(5-7-17)8-9-20/h4-7,10-11,20H,8-9,12-13H2,1-3H3. The van der Waals surface area contributed by atoms with E-state index >= 15 is 0 Å². The van der Waals surface area contributed by atoms with Gasteiger partial charge < -0.3 is 14.6 Å². The van der Waals surface area contributed by atoms with Crippen molar-refractivity contribution >= 4 is 0 Å². The van der Waals surface area contributed by atoms with Gasteiger partial charge in [0.25, 0.3) is 0 Å². The summed E-state index contributed by atoms with van der Waals surface area (Å²) in [5.74, 6) is 0.888. The molecule has 0 unspecified atom stereocenters. The zero-order chi connectivity index (χ0) is 15.9. The molecule has 0 spiro atoms. The van der Waals surface area contributed by atoms with Crippen LogP contribution in [0.2, 0.25) is 0 Å². The first kappa shape index (κ1) is 16.5. The lowest BCUT2D eigenvalue weighted by Crippen LogP contribution is -2.04. The Morgan fingerprint density at radius 1 is 1.00 bits per heavy atom. The Bertz CT molecular complexity index is 603. The maximum atomic E-state index is 8.98. The summed E-state index contributed by atoms with van der Waals surface area (Å²) < 4.78 is 10.8. The quantitative estimate of drug-likeness (QED) is 0.796. The molecule has 2 rings (SSSR count). The monoisotopic (exact) mass is 300 g/mol. The zero-order valence-electron chi connectivity index (χ0n) is 13.6. The Hall–Kier alpha value is -1.84. The molecule has 0 saturated heterocycles. The molecule has 0 fully saturated rings. The van der Waals surface area contributed by atoms with E-state index < -0.39 is 0 Å². The summed E-state index contributed by atoms with van der Waals surface area (Å²) in [4.78, 5) is 0. The maximum absolute atomic E-state index is 8.98. The minimum atomic E-state index is 0.186. The molecule has 0 aliphatic rings. The first-order valence-corrected chi connectivity index (χ1v) is 7.54. The van der Waals surface area contributed by atoms with E-state index in [4.69, 9.17) is 14.6 Å². The van der Waals surface area contributed by atoms with E-state index in [2.05, 4.69) is 50.2 Å². The number of ether oxygens (including phenoxy) is 2. The first-order valence-electron chi connectivity index (χ1n) is 7.54. The fourth-order valence-electron chi connectivity index (χ4n) is 2.59. The number of hydrogen-bond donors (Lipinski definition) is 1. The molecule has 0 bridgehead atoms. The largest absolute Gasteiger partial charge is 0.467 e. The topological polar surface area (TPSA) is 38.7 Å². The molecule has 1 N–H and O–H groups in total. The number of methoxy groups -OCH3 is 1. The van der Waals surface area contributed by atoms with Crippen LogP contribution in [0.4, 0.5) is 0 Å². The van der Waals surface area contributed by atoms with Crippen LogP contribution in [0, 0.1) is 13.8 Å². The number of aliphatic hydroxyl groups excluding tert-OH is 1. The molecule has 0 radical (unpaired) electrons.